The van der Waals surface area contributed by atoms with Crippen LogP contribution >= 0.6 is 0 Å². The van der Waals surface area contributed by atoms with Crippen molar-refractivity contribution >= 4 is 11.8 Å². The summed E-state index contributed by atoms with van der Waals surface area (Å²) in [6.45, 7) is 7.04. The zero-order chi connectivity index (χ0) is 17.7. The normalized spacial score (nSPS) is 15.8. The van der Waals surface area contributed by atoms with Crippen molar-refractivity contribution in [2.75, 3.05) is 32.6 Å². The van der Waals surface area contributed by atoms with E-state index in [9.17, 15) is 4.79 Å². The topological polar surface area (TPSA) is 60.0 Å². The van der Waals surface area contributed by atoms with Crippen molar-refractivity contribution in [3.8, 4) is 11.5 Å². The number of nitrogens with one attached hydrogen (secondary N) is 1. The number of rotatable bonds is 4. The molecule has 0 spiro atoms. The third-order valence-corrected chi connectivity index (χ3v) is 3.90. The van der Waals surface area contributed by atoms with Crippen LogP contribution in [-0.2, 0) is 4.74 Å². The maximum atomic E-state index is 12.1. The molecule has 1 saturated heterocycles. The maximum absolute atomic E-state index is 12.1. The molecule has 1 aromatic carbocycles. The zero-order valence-corrected chi connectivity index (χ0v) is 15.2. The predicted octanol–water partition coefficient (Wildman–Crippen LogP) is 3.52. The number of amides is 1. The van der Waals surface area contributed by atoms with Crippen LogP contribution in [0.1, 0.15) is 33.6 Å². The van der Waals surface area contributed by atoms with E-state index in [1.807, 2.05) is 39.0 Å². The summed E-state index contributed by atoms with van der Waals surface area (Å²) in [5, 5.41) is 3.50. The van der Waals surface area contributed by atoms with E-state index in [2.05, 4.69) is 5.32 Å². The molecular formula is C18H28N2O4. The molecule has 6 nitrogen and oxygen atoms in total. The SMILES string of the molecule is COc1ccc(NC2CCN(C(=O)OC(C)(C)C)CC2)cc1OC. The molecule has 0 saturated carbocycles. The Hall–Kier alpha value is -2.11. The van der Waals surface area contributed by atoms with Gasteiger partial charge in [-0.1, -0.05) is 0 Å². The van der Waals surface area contributed by atoms with Crippen molar-refractivity contribution in [3.63, 3.8) is 0 Å². The summed E-state index contributed by atoms with van der Waals surface area (Å²) in [4.78, 5) is 13.9. The van der Waals surface area contributed by atoms with Crippen molar-refractivity contribution in [1.29, 1.82) is 0 Å². The fraction of sp³-hybridized carbons (Fsp3) is 0.611. The molecule has 1 aliphatic heterocycles. The van der Waals surface area contributed by atoms with Gasteiger partial charge in [0.25, 0.3) is 0 Å². The van der Waals surface area contributed by atoms with Gasteiger partial charge in [0.1, 0.15) is 5.60 Å². The third-order valence-electron chi connectivity index (χ3n) is 3.90. The number of piperidine rings is 1. The Balaban J connectivity index is 1.88. The van der Waals surface area contributed by atoms with Crippen molar-refractivity contribution in [1.82, 2.24) is 4.90 Å². The van der Waals surface area contributed by atoms with Crippen LogP contribution in [0.4, 0.5) is 10.5 Å². The van der Waals surface area contributed by atoms with Gasteiger partial charge in [0, 0.05) is 30.9 Å². The number of methoxy groups -OCH3 is 2. The molecule has 134 valence electrons. The molecule has 0 unspecified atom stereocenters. The van der Waals surface area contributed by atoms with Crippen LogP contribution in [0.2, 0.25) is 0 Å². The standard InChI is InChI=1S/C18H28N2O4/c1-18(2,3)24-17(21)20-10-8-13(9-11-20)19-14-6-7-15(22-4)16(12-14)23-5/h6-7,12-13,19H,8-11H2,1-5H3. The second kappa shape index (κ2) is 7.64. The summed E-state index contributed by atoms with van der Waals surface area (Å²) in [5.41, 5.74) is 0.537. The average molecular weight is 336 g/mol. The number of carbonyl (C=O) groups is 1. The number of hydrogen-bond acceptors (Lipinski definition) is 5. The summed E-state index contributed by atoms with van der Waals surface area (Å²) >= 11 is 0. The van der Waals surface area contributed by atoms with Crippen molar-refractivity contribution in [2.45, 2.75) is 45.3 Å². The van der Waals surface area contributed by atoms with E-state index in [-0.39, 0.29) is 6.09 Å². The largest absolute Gasteiger partial charge is 0.493 e. The highest BCUT2D eigenvalue weighted by atomic mass is 16.6. The fourth-order valence-electron chi connectivity index (χ4n) is 2.69. The summed E-state index contributed by atoms with van der Waals surface area (Å²) < 4.78 is 16.0. The lowest BCUT2D eigenvalue weighted by atomic mass is 10.0. The first kappa shape index (κ1) is 18.2. The van der Waals surface area contributed by atoms with E-state index in [0.29, 0.717) is 30.6 Å². The Morgan fingerprint density at radius 1 is 1.12 bits per heavy atom. The summed E-state index contributed by atoms with van der Waals surface area (Å²) in [6, 6.07) is 6.11. The van der Waals surface area contributed by atoms with Gasteiger partial charge >= 0.3 is 6.09 Å². The molecule has 1 heterocycles. The van der Waals surface area contributed by atoms with Crippen molar-refractivity contribution in [2.24, 2.45) is 0 Å². The first-order valence-corrected chi connectivity index (χ1v) is 8.29. The molecule has 1 aromatic rings. The summed E-state index contributed by atoms with van der Waals surface area (Å²) in [5.74, 6) is 1.41. The third kappa shape index (κ3) is 4.94. The summed E-state index contributed by atoms with van der Waals surface area (Å²) in [6.07, 6.45) is 1.54. The van der Waals surface area contributed by atoms with Crippen LogP contribution in [0.15, 0.2) is 18.2 Å². The molecule has 0 bridgehead atoms. The van der Waals surface area contributed by atoms with E-state index in [1.165, 1.54) is 0 Å². The molecule has 1 fully saturated rings. The van der Waals surface area contributed by atoms with Crippen LogP contribution in [0.25, 0.3) is 0 Å². The molecule has 1 aliphatic rings. The lowest BCUT2D eigenvalue weighted by Gasteiger charge is -2.34. The number of hydrogen-bond donors (Lipinski definition) is 1. The quantitative estimate of drug-likeness (QED) is 0.912. The second-order valence-corrected chi connectivity index (χ2v) is 6.96. The maximum Gasteiger partial charge on any atom is 0.410 e. The van der Waals surface area contributed by atoms with Crippen LogP contribution < -0.4 is 14.8 Å². The molecule has 0 radical (unpaired) electrons. The second-order valence-electron chi connectivity index (χ2n) is 6.96. The number of nitrogens with zero attached hydrogens (tertiary/aromatic N) is 1. The van der Waals surface area contributed by atoms with Gasteiger partial charge in [-0.3, -0.25) is 0 Å². The van der Waals surface area contributed by atoms with Crippen molar-refractivity contribution in [3.05, 3.63) is 18.2 Å². The Morgan fingerprint density at radius 3 is 2.29 bits per heavy atom. The molecule has 6 heteroatoms. The Morgan fingerprint density at radius 2 is 1.75 bits per heavy atom. The van der Waals surface area contributed by atoms with Gasteiger partial charge in [0.2, 0.25) is 0 Å². The van der Waals surface area contributed by atoms with E-state index >= 15 is 0 Å². The number of carbonyl (C=O) groups excluding carboxylic acids is 1. The number of ether oxygens (including phenoxy) is 3. The van der Waals surface area contributed by atoms with Gasteiger partial charge in [-0.15, -0.1) is 0 Å². The van der Waals surface area contributed by atoms with Crippen LogP contribution in [0, 0.1) is 0 Å². The smallest absolute Gasteiger partial charge is 0.410 e. The molecule has 24 heavy (non-hydrogen) atoms. The van der Waals surface area contributed by atoms with E-state index < -0.39 is 5.60 Å². The zero-order valence-electron chi connectivity index (χ0n) is 15.2. The van der Waals surface area contributed by atoms with Crippen LogP contribution in [-0.4, -0.2) is 49.9 Å². The van der Waals surface area contributed by atoms with Crippen molar-refractivity contribution < 1.29 is 19.0 Å². The van der Waals surface area contributed by atoms with Crippen LogP contribution in [0.5, 0.6) is 11.5 Å². The van der Waals surface area contributed by atoms with Gasteiger partial charge in [-0.05, 0) is 45.7 Å². The van der Waals surface area contributed by atoms with Gasteiger partial charge < -0.3 is 24.4 Å². The van der Waals surface area contributed by atoms with E-state index in [1.54, 1.807) is 19.1 Å². The monoisotopic (exact) mass is 336 g/mol. The number of anilines is 1. The molecule has 0 aliphatic carbocycles. The molecule has 2 rings (SSSR count). The van der Waals surface area contributed by atoms with Gasteiger partial charge in [0.15, 0.2) is 11.5 Å². The predicted molar refractivity (Wildman–Crippen MR) is 94.0 cm³/mol. The highest BCUT2D eigenvalue weighted by Crippen LogP contribution is 2.30. The van der Waals surface area contributed by atoms with Gasteiger partial charge in [0.05, 0.1) is 14.2 Å². The minimum atomic E-state index is -0.453. The Bertz CT molecular complexity index is 561. The minimum Gasteiger partial charge on any atom is -0.493 e. The van der Waals surface area contributed by atoms with E-state index in [4.69, 9.17) is 14.2 Å². The first-order chi connectivity index (χ1) is 11.3. The highest BCUT2D eigenvalue weighted by Gasteiger charge is 2.26. The van der Waals surface area contributed by atoms with Crippen LogP contribution in [0.3, 0.4) is 0 Å². The highest BCUT2D eigenvalue weighted by molar-refractivity contribution is 5.68. The lowest BCUT2D eigenvalue weighted by molar-refractivity contribution is 0.0210. The fourth-order valence-corrected chi connectivity index (χ4v) is 2.69. The molecule has 1 N–H and O–H groups in total. The average Bonchev–Trinajstić information content (AvgIpc) is 2.53. The van der Waals surface area contributed by atoms with Gasteiger partial charge in [-0.2, -0.15) is 0 Å². The number of likely N-dealkylation sites (tertiary alicyclic amines) is 1. The Kier molecular flexibility index (Phi) is 5.80. The first-order valence-electron chi connectivity index (χ1n) is 8.29. The van der Waals surface area contributed by atoms with Gasteiger partial charge in [-0.25, -0.2) is 4.79 Å². The number of benzene rings is 1. The Labute approximate surface area is 144 Å². The molecule has 0 atom stereocenters. The lowest BCUT2D eigenvalue weighted by Crippen LogP contribution is -2.44. The van der Waals surface area contributed by atoms with E-state index in [0.717, 1.165) is 18.5 Å². The molecular weight excluding hydrogens is 308 g/mol. The molecule has 0 aromatic heterocycles. The summed E-state index contributed by atoms with van der Waals surface area (Å²) in [7, 11) is 3.25. The molecule has 1 amide bonds. The minimum absolute atomic E-state index is 0.230.